The Hall–Kier alpha value is -0.410. The average molecular weight is 264 g/mol. The van der Waals surface area contributed by atoms with Crippen LogP contribution in [0.4, 0.5) is 0 Å². The molecule has 0 radical (unpaired) electrons. The van der Waals surface area contributed by atoms with Gasteiger partial charge in [-0.2, -0.15) is 0 Å². The Labute approximate surface area is 114 Å². The van der Waals surface area contributed by atoms with Gasteiger partial charge in [-0.15, -0.1) is 11.3 Å². The molecule has 18 heavy (non-hydrogen) atoms. The fourth-order valence-electron chi connectivity index (χ4n) is 3.26. The van der Waals surface area contributed by atoms with Crippen LogP contribution in [0.25, 0.3) is 0 Å². The highest BCUT2D eigenvalue weighted by molar-refractivity contribution is 7.09. The minimum Gasteiger partial charge on any atom is -0.314 e. The standard InChI is InChI=1S/C15H24N2S/c1-11-2-3-12(10-17-14-4-5-14)13(8-11)9-15-16-6-7-18-15/h6-7,11-14,17H,2-5,8-10H2,1H3. The Morgan fingerprint density at radius 2 is 2.17 bits per heavy atom. The van der Waals surface area contributed by atoms with Crippen molar-refractivity contribution in [3.8, 4) is 0 Å². The van der Waals surface area contributed by atoms with E-state index < -0.39 is 0 Å². The molecule has 1 heterocycles. The normalized spacial score (nSPS) is 32.6. The third kappa shape index (κ3) is 3.33. The molecule has 2 aliphatic rings. The van der Waals surface area contributed by atoms with Crippen molar-refractivity contribution in [1.29, 1.82) is 0 Å². The summed E-state index contributed by atoms with van der Waals surface area (Å²) in [7, 11) is 0. The van der Waals surface area contributed by atoms with Crippen molar-refractivity contribution in [3.63, 3.8) is 0 Å². The van der Waals surface area contributed by atoms with E-state index in [1.165, 1.54) is 50.1 Å². The number of rotatable bonds is 5. The van der Waals surface area contributed by atoms with Crippen LogP contribution in [0.1, 0.15) is 44.0 Å². The number of aromatic nitrogens is 1. The van der Waals surface area contributed by atoms with Crippen LogP contribution in [0, 0.1) is 17.8 Å². The van der Waals surface area contributed by atoms with Crippen LogP contribution in [0.15, 0.2) is 11.6 Å². The van der Waals surface area contributed by atoms with Crippen LogP contribution in [0.5, 0.6) is 0 Å². The molecular weight excluding hydrogens is 240 g/mol. The highest BCUT2D eigenvalue weighted by Crippen LogP contribution is 2.36. The van der Waals surface area contributed by atoms with E-state index in [1.807, 2.05) is 17.5 Å². The monoisotopic (exact) mass is 264 g/mol. The Morgan fingerprint density at radius 3 is 2.89 bits per heavy atom. The Balaban J connectivity index is 1.57. The van der Waals surface area contributed by atoms with Crippen molar-refractivity contribution < 1.29 is 0 Å². The summed E-state index contributed by atoms with van der Waals surface area (Å²) in [5.41, 5.74) is 0. The molecule has 1 N–H and O–H groups in total. The molecule has 2 fully saturated rings. The molecule has 3 rings (SSSR count). The number of hydrogen-bond donors (Lipinski definition) is 1. The zero-order valence-corrected chi connectivity index (χ0v) is 12.1. The molecule has 3 atom stereocenters. The van der Waals surface area contributed by atoms with Crippen molar-refractivity contribution >= 4 is 11.3 Å². The van der Waals surface area contributed by atoms with Gasteiger partial charge in [0.05, 0.1) is 5.01 Å². The van der Waals surface area contributed by atoms with Crippen molar-refractivity contribution in [2.75, 3.05) is 6.54 Å². The van der Waals surface area contributed by atoms with Crippen LogP contribution >= 0.6 is 11.3 Å². The molecule has 3 unspecified atom stereocenters. The summed E-state index contributed by atoms with van der Waals surface area (Å²) < 4.78 is 0. The summed E-state index contributed by atoms with van der Waals surface area (Å²) in [4.78, 5) is 4.48. The quantitative estimate of drug-likeness (QED) is 0.880. The maximum atomic E-state index is 4.48. The fraction of sp³-hybridized carbons (Fsp3) is 0.800. The van der Waals surface area contributed by atoms with Gasteiger partial charge in [-0.05, 0) is 50.0 Å². The predicted molar refractivity (Wildman–Crippen MR) is 76.8 cm³/mol. The number of thiazole rings is 1. The molecule has 2 saturated carbocycles. The first-order valence-electron chi connectivity index (χ1n) is 7.43. The lowest BCUT2D eigenvalue weighted by atomic mass is 9.73. The van der Waals surface area contributed by atoms with Gasteiger partial charge < -0.3 is 5.32 Å². The molecule has 0 aliphatic heterocycles. The first-order chi connectivity index (χ1) is 8.81. The van der Waals surface area contributed by atoms with Crippen molar-refractivity contribution in [2.24, 2.45) is 17.8 Å². The molecule has 1 aromatic heterocycles. The maximum absolute atomic E-state index is 4.48. The number of nitrogens with one attached hydrogen (secondary N) is 1. The third-order valence-electron chi connectivity index (χ3n) is 4.57. The predicted octanol–water partition coefficient (Wildman–Crippen LogP) is 3.49. The highest BCUT2D eigenvalue weighted by Gasteiger charge is 2.30. The maximum Gasteiger partial charge on any atom is 0.0927 e. The van der Waals surface area contributed by atoms with Crippen molar-refractivity contribution in [3.05, 3.63) is 16.6 Å². The van der Waals surface area contributed by atoms with E-state index in [0.717, 1.165) is 23.8 Å². The zero-order valence-electron chi connectivity index (χ0n) is 11.3. The number of hydrogen-bond acceptors (Lipinski definition) is 3. The SMILES string of the molecule is CC1CCC(CNC2CC2)C(Cc2nccs2)C1. The van der Waals surface area contributed by atoms with Crippen molar-refractivity contribution in [1.82, 2.24) is 10.3 Å². The molecule has 2 nitrogen and oxygen atoms in total. The minimum atomic E-state index is 0.852. The summed E-state index contributed by atoms with van der Waals surface area (Å²) in [6, 6.07) is 0.852. The Kier molecular flexibility index (Phi) is 4.00. The molecule has 100 valence electrons. The minimum absolute atomic E-state index is 0.852. The fourth-order valence-corrected chi connectivity index (χ4v) is 3.97. The lowest BCUT2D eigenvalue weighted by molar-refractivity contribution is 0.183. The second kappa shape index (κ2) is 5.70. The lowest BCUT2D eigenvalue weighted by Gasteiger charge is -2.35. The van der Waals surface area contributed by atoms with Gasteiger partial charge in [0.25, 0.3) is 0 Å². The first-order valence-corrected chi connectivity index (χ1v) is 8.31. The van der Waals surface area contributed by atoms with Crippen LogP contribution in [-0.2, 0) is 6.42 Å². The molecule has 1 aromatic rings. The molecule has 0 amide bonds. The van der Waals surface area contributed by atoms with E-state index in [9.17, 15) is 0 Å². The van der Waals surface area contributed by atoms with E-state index in [1.54, 1.807) is 0 Å². The average Bonchev–Trinajstić information content (AvgIpc) is 3.05. The van der Waals surface area contributed by atoms with Gasteiger partial charge in [-0.3, -0.25) is 0 Å². The van der Waals surface area contributed by atoms with Crippen LogP contribution in [0.3, 0.4) is 0 Å². The largest absolute Gasteiger partial charge is 0.314 e. The molecule has 0 spiro atoms. The lowest BCUT2D eigenvalue weighted by Crippen LogP contribution is -2.34. The van der Waals surface area contributed by atoms with Gasteiger partial charge in [-0.25, -0.2) is 4.98 Å². The van der Waals surface area contributed by atoms with Crippen molar-refractivity contribution in [2.45, 2.75) is 51.5 Å². The molecule has 3 heteroatoms. The van der Waals surface area contributed by atoms with E-state index in [4.69, 9.17) is 0 Å². The second-order valence-electron chi connectivity index (χ2n) is 6.25. The smallest absolute Gasteiger partial charge is 0.0927 e. The van der Waals surface area contributed by atoms with Crippen LogP contribution in [-0.4, -0.2) is 17.6 Å². The Morgan fingerprint density at radius 1 is 1.28 bits per heavy atom. The molecule has 0 aromatic carbocycles. The third-order valence-corrected chi connectivity index (χ3v) is 5.37. The van der Waals surface area contributed by atoms with Gasteiger partial charge >= 0.3 is 0 Å². The van der Waals surface area contributed by atoms with Gasteiger partial charge in [0.15, 0.2) is 0 Å². The van der Waals surface area contributed by atoms with Gasteiger partial charge in [0.1, 0.15) is 0 Å². The van der Waals surface area contributed by atoms with E-state index in [2.05, 4.69) is 22.6 Å². The molecule has 0 bridgehead atoms. The summed E-state index contributed by atoms with van der Waals surface area (Å²) in [6.07, 6.45) is 10.2. The van der Waals surface area contributed by atoms with E-state index >= 15 is 0 Å². The Bertz CT molecular complexity index is 359. The molecule has 2 aliphatic carbocycles. The van der Waals surface area contributed by atoms with Gasteiger partial charge in [-0.1, -0.05) is 13.3 Å². The second-order valence-corrected chi connectivity index (χ2v) is 7.23. The van der Waals surface area contributed by atoms with Gasteiger partial charge in [0.2, 0.25) is 0 Å². The highest BCUT2D eigenvalue weighted by atomic mass is 32.1. The number of nitrogens with zero attached hydrogens (tertiary/aromatic N) is 1. The zero-order chi connectivity index (χ0) is 12.4. The van der Waals surface area contributed by atoms with Crippen LogP contribution in [0.2, 0.25) is 0 Å². The molecule has 0 saturated heterocycles. The van der Waals surface area contributed by atoms with Gasteiger partial charge in [0, 0.05) is 24.0 Å². The van der Waals surface area contributed by atoms with E-state index in [-0.39, 0.29) is 0 Å². The summed E-state index contributed by atoms with van der Waals surface area (Å²) >= 11 is 1.83. The summed E-state index contributed by atoms with van der Waals surface area (Å²) in [6.45, 7) is 3.66. The summed E-state index contributed by atoms with van der Waals surface area (Å²) in [5.74, 6) is 2.64. The molecular formula is C15H24N2S. The first kappa shape index (κ1) is 12.6. The topological polar surface area (TPSA) is 24.9 Å². The van der Waals surface area contributed by atoms with E-state index in [0.29, 0.717) is 0 Å². The van der Waals surface area contributed by atoms with Crippen LogP contribution < -0.4 is 5.32 Å². The summed E-state index contributed by atoms with van der Waals surface area (Å²) in [5, 5.41) is 7.18.